The van der Waals surface area contributed by atoms with E-state index in [9.17, 15) is 4.79 Å². The Labute approximate surface area is 151 Å². The molecule has 0 spiro atoms. The number of nitrogens with one attached hydrogen (secondary N) is 1. The minimum atomic E-state index is -0.205. The summed E-state index contributed by atoms with van der Waals surface area (Å²) in [6, 6.07) is 13.2. The second-order valence-electron chi connectivity index (χ2n) is 5.31. The monoisotopic (exact) mass is 391 g/mol. The van der Waals surface area contributed by atoms with Crippen LogP contribution in [0.1, 0.15) is 25.8 Å². The van der Waals surface area contributed by atoms with E-state index in [1.165, 1.54) is 5.56 Å². The van der Waals surface area contributed by atoms with Gasteiger partial charge in [0.2, 0.25) is 0 Å². The Morgan fingerprint density at radius 1 is 1.08 bits per heavy atom. The van der Waals surface area contributed by atoms with Crippen LogP contribution in [0.25, 0.3) is 0 Å². The van der Waals surface area contributed by atoms with Crippen molar-refractivity contribution in [1.29, 1.82) is 0 Å². The van der Waals surface area contributed by atoms with Crippen molar-refractivity contribution in [2.45, 2.75) is 26.7 Å². The molecule has 5 heteroatoms. The number of benzene rings is 2. The SMILES string of the molecule is CCCc1ccc(OCC(=O)Nc2ccc(OCC)cc2)c(Br)c1. The molecule has 1 amide bonds. The van der Waals surface area contributed by atoms with Crippen LogP contribution in [0.5, 0.6) is 11.5 Å². The van der Waals surface area contributed by atoms with Gasteiger partial charge in [0.1, 0.15) is 11.5 Å². The third kappa shape index (κ3) is 5.57. The predicted molar refractivity (Wildman–Crippen MR) is 99.9 cm³/mol. The highest BCUT2D eigenvalue weighted by Crippen LogP contribution is 2.26. The first-order valence-corrected chi connectivity index (χ1v) is 8.85. The first-order valence-electron chi connectivity index (χ1n) is 8.06. The quantitative estimate of drug-likeness (QED) is 0.701. The van der Waals surface area contributed by atoms with Gasteiger partial charge in [-0.15, -0.1) is 0 Å². The van der Waals surface area contributed by atoms with Gasteiger partial charge in [-0.05, 0) is 71.2 Å². The molecule has 24 heavy (non-hydrogen) atoms. The predicted octanol–water partition coefficient (Wildman–Crippen LogP) is 4.82. The Morgan fingerprint density at radius 2 is 1.83 bits per heavy atom. The van der Waals surface area contributed by atoms with E-state index in [2.05, 4.69) is 28.2 Å². The summed E-state index contributed by atoms with van der Waals surface area (Å²) in [6.07, 6.45) is 2.12. The molecule has 0 heterocycles. The summed E-state index contributed by atoms with van der Waals surface area (Å²) in [5, 5.41) is 2.80. The Hall–Kier alpha value is -2.01. The van der Waals surface area contributed by atoms with Gasteiger partial charge in [0, 0.05) is 5.69 Å². The van der Waals surface area contributed by atoms with E-state index in [-0.39, 0.29) is 12.5 Å². The normalized spacial score (nSPS) is 10.3. The van der Waals surface area contributed by atoms with E-state index >= 15 is 0 Å². The van der Waals surface area contributed by atoms with E-state index in [1.807, 2.05) is 37.3 Å². The molecule has 4 nitrogen and oxygen atoms in total. The largest absolute Gasteiger partial charge is 0.494 e. The molecule has 2 aromatic rings. The van der Waals surface area contributed by atoms with Crippen LogP contribution in [0.2, 0.25) is 0 Å². The van der Waals surface area contributed by atoms with E-state index in [0.29, 0.717) is 18.0 Å². The van der Waals surface area contributed by atoms with E-state index < -0.39 is 0 Å². The smallest absolute Gasteiger partial charge is 0.262 e. The van der Waals surface area contributed by atoms with E-state index in [4.69, 9.17) is 9.47 Å². The van der Waals surface area contributed by atoms with Gasteiger partial charge in [-0.25, -0.2) is 0 Å². The molecular formula is C19H22BrNO3. The number of ether oxygens (including phenoxy) is 2. The fraction of sp³-hybridized carbons (Fsp3) is 0.316. The molecule has 0 atom stereocenters. The maximum atomic E-state index is 12.0. The number of carbonyl (C=O) groups excluding carboxylic acids is 1. The average Bonchev–Trinajstić information content (AvgIpc) is 2.56. The Morgan fingerprint density at radius 3 is 2.46 bits per heavy atom. The fourth-order valence-electron chi connectivity index (χ4n) is 2.25. The molecule has 0 aliphatic carbocycles. The fourth-order valence-corrected chi connectivity index (χ4v) is 2.79. The zero-order chi connectivity index (χ0) is 17.4. The summed E-state index contributed by atoms with van der Waals surface area (Å²) < 4.78 is 11.8. The van der Waals surface area contributed by atoms with Crippen molar-refractivity contribution < 1.29 is 14.3 Å². The highest BCUT2D eigenvalue weighted by molar-refractivity contribution is 9.10. The van der Waals surface area contributed by atoms with E-state index in [1.54, 1.807) is 12.1 Å². The van der Waals surface area contributed by atoms with Crippen molar-refractivity contribution in [3.8, 4) is 11.5 Å². The molecule has 128 valence electrons. The van der Waals surface area contributed by atoms with E-state index in [0.717, 1.165) is 23.1 Å². The first kappa shape index (κ1) is 18.3. The molecular weight excluding hydrogens is 370 g/mol. The highest BCUT2D eigenvalue weighted by atomic mass is 79.9. The van der Waals surface area contributed by atoms with Gasteiger partial charge in [-0.2, -0.15) is 0 Å². The van der Waals surface area contributed by atoms with Crippen LogP contribution in [0.4, 0.5) is 5.69 Å². The number of rotatable bonds is 8. The Balaban J connectivity index is 1.86. The van der Waals surface area contributed by atoms with Crippen molar-refractivity contribution in [2.24, 2.45) is 0 Å². The molecule has 0 unspecified atom stereocenters. The van der Waals surface area contributed by atoms with Gasteiger partial charge in [-0.1, -0.05) is 19.4 Å². The molecule has 0 saturated carbocycles. The van der Waals surface area contributed by atoms with Crippen LogP contribution in [-0.4, -0.2) is 19.1 Å². The summed E-state index contributed by atoms with van der Waals surface area (Å²) in [4.78, 5) is 12.0. The summed E-state index contributed by atoms with van der Waals surface area (Å²) in [5.74, 6) is 1.24. The number of amides is 1. The third-order valence-corrected chi connectivity index (χ3v) is 3.96. The number of hydrogen-bond acceptors (Lipinski definition) is 3. The number of halogens is 1. The zero-order valence-electron chi connectivity index (χ0n) is 14.0. The molecule has 2 rings (SSSR count). The van der Waals surface area contributed by atoms with Crippen molar-refractivity contribution in [2.75, 3.05) is 18.5 Å². The van der Waals surface area contributed by atoms with Gasteiger partial charge in [0.15, 0.2) is 6.61 Å². The maximum Gasteiger partial charge on any atom is 0.262 e. The minimum absolute atomic E-state index is 0.0427. The number of carbonyl (C=O) groups is 1. The molecule has 0 aromatic heterocycles. The molecule has 2 aromatic carbocycles. The van der Waals surface area contributed by atoms with Gasteiger partial charge in [0.25, 0.3) is 5.91 Å². The summed E-state index contributed by atoms with van der Waals surface area (Å²) in [6.45, 7) is 4.65. The molecule has 0 aliphatic rings. The van der Waals surface area contributed by atoms with Crippen molar-refractivity contribution >= 4 is 27.5 Å². The second-order valence-corrected chi connectivity index (χ2v) is 6.16. The summed E-state index contributed by atoms with van der Waals surface area (Å²) >= 11 is 3.49. The van der Waals surface area contributed by atoms with Crippen molar-refractivity contribution in [3.63, 3.8) is 0 Å². The standard InChI is InChI=1S/C19H22BrNO3/c1-3-5-14-6-11-18(17(20)12-14)24-13-19(22)21-15-7-9-16(10-8-15)23-4-2/h6-12H,3-5,13H2,1-2H3,(H,21,22). The Kier molecular flexibility index (Phi) is 7.12. The zero-order valence-corrected chi connectivity index (χ0v) is 15.6. The molecule has 0 saturated heterocycles. The summed E-state index contributed by atoms with van der Waals surface area (Å²) in [7, 11) is 0. The lowest BCUT2D eigenvalue weighted by atomic mass is 10.1. The third-order valence-electron chi connectivity index (χ3n) is 3.34. The lowest BCUT2D eigenvalue weighted by Gasteiger charge is -2.10. The van der Waals surface area contributed by atoms with Gasteiger partial charge in [-0.3, -0.25) is 4.79 Å². The van der Waals surface area contributed by atoms with Crippen LogP contribution >= 0.6 is 15.9 Å². The maximum absolute atomic E-state index is 12.0. The van der Waals surface area contributed by atoms with Crippen LogP contribution < -0.4 is 14.8 Å². The molecule has 1 N–H and O–H groups in total. The lowest BCUT2D eigenvalue weighted by molar-refractivity contribution is -0.118. The van der Waals surface area contributed by atoms with Crippen LogP contribution in [-0.2, 0) is 11.2 Å². The second kappa shape index (κ2) is 9.33. The molecule has 0 bridgehead atoms. The summed E-state index contributed by atoms with van der Waals surface area (Å²) in [5.41, 5.74) is 1.96. The van der Waals surface area contributed by atoms with Crippen molar-refractivity contribution in [1.82, 2.24) is 0 Å². The number of hydrogen-bond donors (Lipinski definition) is 1. The number of anilines is 1. The van der Waals surface area contributed by atoms with Crippen molar-refractivity contribution in [3.05, 3.63) is 52.5 Å². The van der Waals surface area contributed by atoms with Gasteiger partial charge >= 0.3 is 0 Å². The van der Waals surface area contributed by atoms with Gasteiger partial charge in [0.05, 0.1) is 11.1 Å². The number of aryl methyl sites for hydroxylation is 1. The Bertz CT molecular complexity index is 671. The lowest BCUT2D eigenvalue weighted by Crippen LogP contribution is -2.20. The first-order chi connectivity index (χ1) is 11.6. The van der Waals surface area contributed by atoms with Crippen LogP contribution in [0.3, 0.4) is 0 Å². The highest BCUT2D eigenvalue weighted by Gasteiger charge is 2.07. The molecule has 0 aliphatic heterocycles. The minimum Gasteiger partial charge on any atom is -0.494 e. The van der Waals surface area contributed by atoms with Crippen LogP contribution in [0.15, 0.2) is 46.9 Å². The topological polar surface area (TPSA) is 47.6 Å². The van der Waals surface area contributed by atoms with Crippen LogP contribution in [0, 0.1) is 0 Å². The van der Waals surface area contributed by atoms with Gasteiger partial charge < -0.3 is 14.8 Å². The molecule has 0 fully saturated rings. The molecule has 0 radical (unpaired) electrons. The average molecular weight is 392 g/mol.